The summed E-state index contributed by atoms with van der Waals surface area (Å²) in [7, 11) is 0. The number of nitrogens with two attached hydrogens (primary N) is 1. The summed E-state index contributed by atoms with van der Waals surface area (Å²) in [5.41, 5.74) is 8.43. The molecule has 0 unspecified atom stereocenters. The highest BCUT2D eigenvalue weighted by atomic mass is 16.5. The van der Waals surface area contributed by atoms with Gasteiger partial charge in [0.05, 0.1) is 24.4 Å². The molecule has 0 bridgehead atoms. The third-order valence-corrected chi connectivity index (χ3v) is 7.40. The van der Waals surface area contributed by atoms with Gasteiger partial charge in [-0.1, -0.05) is 0 Å². The molecule has 0 spiro atoms. The van der Waals surface area contributed by atoms with Crippen LogP contribution in [0.2, 0.25) is 0 Å². The van der Waals surface area contributed by atoms with Crippen LogP contribution in [0.1, 0.15) is 31.7 Å². The van der Waals surface area contributed by atoms with Crippen LogP contribution >= 0.6 is 0 Å². The molecular formula is C23H30N8O2. The number of fused-ring (bicyclic) bond motifs is 1. The van der Waals surface area contributed by atoms with Crippen LogP contribution in [-0.2, 0) is 16.0 Å². The van der Waals surface area contributed by atoms with Gasteiger partial charge in [-0.05, 0) is 32.6 Å². The lowest BCUT2D eigenvalue weighted by molar-refractivity contribution is -0.131. The summed E-state index contributed by atoms with van der Waals surface area (Å²) < 4.78 is 5.54. The maximum absolute atomic E-state index is 12.7. The second-order valence-electron chi connectivity index (χ2n) is 9.79. The highest BCUT2D eigenvalue weighted by Crippen LogP contribution is 2.42. The highest BCUT2D eigenvalue weighted by Gasteiger charge is 2.46. The predicted octanol–water partition coefficient (Wildman–Crippen LogP) is 1.12. The Bertz CT molecular complexity index is 1070. The lowest BCUT2D eigenvalue weighted by Gasteiger charge is -2.37. The smallest absolute Gasteiger partial charge is 0.228 e. The summed E-state index contributed by atoms with van der Waals surface area (Å²) >= 11 is 0. The average Bonchev–Trinajstić information content (AvgIpc) is 3.47. The number of hydrogen-bond donors (Lipinski definition) is 1. The molecule has 10 heteroatoms. The SMILES string of the molecule is C[C@]1(N2CCc3c(-c4cnc(N)nc4)nc(N4CCOCC4)nc32)CCN(C(=O)C2CC2)C1. The minimum atomic E-state index is -0.138. The van der Waals surface area contributed by atoms with Crippen molar-refractivity contribution in [2.75, 3.05) is 61.5 Å². The number of nitrogens with zero attached hydrogens (tertiary/aromatic N) is 7. The second-order valence-corrected chi connectivity index (χ2v) is 9.79. The van der Waals surface area contributed by atoms with Gasteiger partial charge < -0.3 is 25.2 Å². The first-order valence-corrected chi connectivity index (χ1v) is 11.9. The Hall–Kier alpha value is -3.01. The van der Waals surface area contributed by atoms with Gasteiger partial charge in [-0.15, -0.1) is 0 Å². The zero-order valence-corrected chi connectivity index (χ0v) is 19.0. The van der Waals surface area contributed by atoms with E-state index in [1.54, 1.807) is 12.4 Å². The third kappa shape index (κ3) is 3.66. The Morgan fingerprint density at radius 1 is 1.12 bits per heavy atom. The minimum Gasteiger partial charge on any atom is -0.378 e. The number of rotatable bonds is 4. The molecule has 174 valence electrons. The van der Waals surface area contributed by atoms with E-state index in [1.807, 2.05) is 0 Å². The summed E-state index contributed by atoms with van der Waals surface area (Å²) in [5.74, 6) is 2.52. The molecule has 1 aliphatic carbocycles. The average molecular weight is 451 g/mol. The Morgan fingerprint density at radius 2 is 1.88 bits per heavy atom. The number of likely N-dealkylation sites (tertiary alicyclic amines) is 1. The van der Waals surface area contributed by atoms with E-state index in [9.17, 15) is 4.79 Å². The summed E-state index contributed by atoms with van der Waals surface area (Å²) in [5, 5.41) is 0. The molecule has 1 amide bonds. The third-order valence-electron chi connectivity index (χ3n) is 7.40. The van der Waals surface area contributed by atoms with Crippen LogP contribution in [0.4, 0.5) is 17.7 Å². The van der Waals surface area contributed by atoms with Crippen LogP contribution < -0.4 is 15.5 Å². The zero-order chi connectivity index (χ0) is 22.6. The van der Waals surface area contributed by atoms with Crippen molar-refractivity contribution in [3.05, 3.63) is 18.0 Å². The van der Waals surface area contributed by atoms with E-state index in [1.165, 1.54) is 0 Å². The van der Waals surface area contributed by atoms with Crippen molar-refractivity contribution in [2.24, 2.45) is 5.92 Å². The second kappa shape index (κ2) is 7.79. The molecule has 3 fully saturated rings. The van der Waals surface area contributed by atoms with Crippen molar-refractivity contribution in [1.82, 2.24) is 24.8 Å². The number of morpholine rings is 1. The standard InChI is InChI=1S/C23H30N8O2/c1-23(5-7-30(14-23)20(32)15-2-3-15)31-6-4-17-18(16-12-25-21(24)26-13-16)27-22(28-19(17)31)29-8-10-33-11-9-29/h12-13,15H,2-11,14H2,1H3,(H2,24,25,26)/t23-/m0/s1. The zero-order valence-electron chi connectivity index (χ0n) is 19.0. The van der Waals surface area contributed by atoms with E-state index < -0.39 is 0 Å². The van der Waals surface area contributed by atoms with Crippen LogP contribution in [0, 0.1) is 5.92 Å². The van der Waals surface area contributed by atoms with Gasteiger partial charge in [-0.3, -0.25) is 4.79 Å². The quantitative estimate of drug-likeness (QED) is 0.732. The van der Waals surface area contributed by atoms with Crippen molar-refractivity contribution in [3.63, 3.8) is 0 Å². The van der Waals surface area contributed by atoms with Crippen LogP contribution in [0.3, 0.4) is 0 Å². The maximum atomic E-state index is 12.7. The molecule has 1 saturated carbocycles. The minimum absolute atomic E-state index is 0.138. The van der Waals surface area contributed by atoms with Gasteiger partial charge in [-0.25, -0.2) is 15.0 Å². The number of amides is 1. The van der Waals surface area contributed by atoms with Crippen molar-refractivity contribution < 1.29 is 9.53 Å². The molecule has 0 radical (unpaired) electrons. The lowest BCUT2D eigenvalue weighted by Crippen LogP contribution is -2.49. The lowest BCUT2D eigenvalue weighted by atomic mass is 9.99. The van der Waals surface area contributed by atoms with Gasteiger partial charge in [0.1, 0.15) is 5.82 Å². The molecule has 2 saturated heterocycles. The maximum Gasteiger partial charge on any atom is 0.228 e. The first kappa shape index (κ1) is 20.6. The number of aromatic nitrogens is 4. The van der Waals surface area contributed by atoms with E-state index >= 15 is 0 Å². The molecule has 6 rings (SSSR count). The van der Waals surface area contributed by atoms with E-state index in [4.69, 9.17) is 20.4 Å². The van der Waals surface area contributed by atoms with E-state index in [0.717, 1.165) is 81.0 Å². The van der Waals surface area contributed by atoms with Gasteiger partial charge in [0.2, 0.25) is 17.8 Å². The topological polar surface area (TPSA) is 114 Å². The summed E-state index contributed by atoms with van der Waals surface area (Å²) in [4.78, 5) is 37.8. The van der Waals surface area contributed by atoms with Crippen molar-refractivity contribution in [1.29, 1.82) is 0 Å². The molecule has 2 N–H and O–H groups in total. The number of hydrogen-bond acceptors (Lipinski definition) is 9. The van der Waals surface area contributed by atoms with Crippen LogP contribution in [0.5, 0.6) is 0 Å². The van der Waals surface area contributed by atoms with Gasteiger partial charge in [0.15, 0.2) is 0 Å². The molecule has 3 aliphatic heterocycles. The van der Waals surface area contributed by atoms with Gasteiger partial charge in [0.25, 0.3) is 0 Å². The van der Waals surface area contributed by atoms with Crippen molar-refractivity contribution in [3.8, 4) is 11.3 Å². The van der Waals surface area contributed by atoms with Gasteiger partial charge >= 0.3 is 0 Å². The monoisotopic (exact) mass is 450 g/mol. The molecule has 10 nitrogen and oxygen atoms in total. The molecule has 2 aromatic heterocycles. The Balaban J connectivity index is 1.38. The fourth-order valence-electron chi connectivity index (χ4n) is 5.32. The molecule has 5 heterocycles. The molecule has 4 aliphatic rings. The van der Waals surface area contributed by atoms with Crippen LogP contribution in [0.15, 0.2) is 12.4 Å². The first-order chi connectivity index (χ1) is 16.0. The largest absolute Gasteiger partial charge is 0.378 e. The normalized spacial score (nSPS) is 24.9. The summed E-state index contributed by atoms with van der Waals surface area (Å²) in [6.07, 6.45) is 7.37. The van der Waals surface area contributed by atoms with Crippen LogP contribution in [0.25, 0.3) is 11.3 Å². The van der Waals surface area contributed by atoms with E-state index in [-0.39, 0.29) is 17.4 Å². The first-order valence-electron chi connectivity index (χ1n) is 11.9. The molecule has 33 heavy (non-hydrogen) atoms. The molecule has 2 aromatic rings. The van der Waals surface area contributed by atoms with Crippen molar-refractivity contribution >= 4 is 23.6 Å². The number of nitrogen functional groups attached to an aromatic ring is 1. The highest BCUT2D eigenvalue weighted by molar-refractivity contribution is 5.82. The van der Waals surface area contributed by atoms with E-state index in [2.05, 4.69) is 31.6 Å². The molecular weight excluding hydrogens is 420 g/mol. The van der Waals surface area contributed by atoms with Gasteiger partial charge in [-0.2, -0.15) is 4.98 Å². The van der Waals surface area contributed by atoms with Gasteiger partial charge in [0, 0.05) is 62.2 Å². The van der Waals surface area contributed by atoms with E-state index in [0.29, 0.717) is 25.1 Å². The Morgan fingerprint density at radius 3 is 2.61 bits per heavy atom. The predicted molar refractivity (Wildman–Crippen MR) is 124 cm³/mol. The number of carbonyl (C=O) groups excluding carboxylic acids is 1. The molecule has 1 atom stereocenters. The molecule has 0 aromatic carbocycles. The summed E-state index contributed by atoms with van der Waals surface area (Å²) in [6.45, 7) is 7.55. The Kier molecular flexibility index (Phi) is 4.86. The number of anilines is 3. The summed E-state index contributed by atoms with van der Waals surface area (Å²) in [6, 6.07) is 0. The van der Waals surface area contributed by atoms with Crippen molar-refractivity contribution in [2.45, 2.75) is 38.1 Å². The Labute approximate surface area is 193 Å². The number of ether oxygens (including phenoxy) is 1. The number of carbonyl (C=O) groups is 1. The fraction of sp³-hybridized carbons (Fsp3) is 0.609. The fourth-order valence-corrected chi connectivity index (χ4v) is 5.32. The van der Waals surface area contributed by atoms with Crippen LogP contribution in [-0.4, -0.2) is 82.2 Å².